The molecule has 24 heavy (non-hydrogen) atoms. The maximum Gasteiger partial charge on any atom is 0.412 e. The molecule has 2 aromatic rings. The standard InChI is InChI=1S/C20H24N2O2/c23-20(21-18-11-5-2-6-12-18)24-19(17-9-3-1-4-10-17)13-16-22-14-7-8-15-22/h1-6,9-12,19H,7-8,13-16H2,(H,21,23). The van der Waals surface area contributed by atoms with Crippen LogP contribution in [0.3, 0.4) is 0 Å². The smallest absolute Gasteiger partial charge is 0.412 e. The lowest BCUT2D eigenvalue weighted by Crippen LogP contribution is -2.25. The molecule has 1 aliphatic heterocycles. The fourth-order valence-corrected chi connectivity index (χ4v) is 3.07. The van der Waals surface area contributed by atoms with Gasteiger partial charge < -0.3 is 9.64 Å². The molecule has 0 radical (unpaired) electrons. The van der Waals surface area contributed by atoms with Gasteiger partial charge in [-0.05, 0) is 43.6 Å². The van der Waals surface area contributed by atoms with E-state index in [1.165, 1.54) is 12.8 Å². The van der Waals surface area contributed by atoms with Crippen LogP contribution >= 0.6 is 0 Å². The maximum atomic E-state index is 12.2. The zero-order chi connectivity index (χ0) is 16.6. The highest BCUT2D eigenvalue weighted by atomic mass is 16.6. The number of ether oxygens (including phenoxy) is 1. The van der Waals surface area contributed by atoms with E-state index in [1.807, 2.05) is 60.7 Å². The van der Waals surface area contributed by atoms with Crippen LogP contribution < -0.4 is 5.32 Å². The molecule has 1 aliphatic rings. The van der Waals surface area contributed by atoms with Gasteiger partial charge in [0.2, 0.25) is 0 Å². The van der Waals surface area contributed by atoms with Crippen LogP contribution in [-0.4, -0.2) is 30.6 Å². The van der Waals surface area contributed by atoms with Gasteiger partial charge in [-0.1, -0.05) is 48.5 Å². The van der Waals surface area contributed by atoms with E-state index in [0.717, 1.165) is 37.3 Å². The topological polar surface area (TPSA) is 41.6 Å². The minimum Gasteiger partial charge on any atom is -0.441 e. The molecule has 0 bridgehead atoms. The number of rotatable bonds is 6. The molecule has 4 heteroatoms. The highest BCUT2D eigenvalue weighted by molar-refractivity contribution is 5.84. The van der Waals surface area contributed by atoms with Gasteiger partial charge >= 0.3 is 6.09 Å². The third-order valence-corrected chi connectivity index (χ3v) is 4.35. The molecule has 0 spiro atoms. The van der Waals surface area contributed by atoms with E-state index in [1.54, 1.807) is 0 Å². The van der Waals surface area contributed by atoms with Crippen LogP contribution in [-0.2, 0) is 4.74 Å². The van der Waals surface area contributed by atoms with E-state index in [4.69, 9.17) is 4.74 Å². The summed E-state index contributed by atoms with van der Waals surface area (Å²) in [5.74, 6) is 0. The van der Waals surface area contributed by atoms with Crippen LogP contribution in [0.1, 0.15) is 30.9 Å². The Hall–Kier alpha value is -2.33. The fourth-order valence-electron chi connectivity index (χ4n) is 3.07. The van der Waals surface area contributed by atoms with E-state index in [0.29, 0.717) is 0 Å². The van der Waals surface area contributed by atoms with Gasteiger partial charge in [-0.15, -0.1) is 0 Å². The van der Waals surface area contributed by atoms with Gasteiger partial charge in [-0.3, -0.25) is 5.32 Å². The quantitative estimate of drug-likeness (QED) is 0.853. The van der Waals surface area contributed by atoms with Gasteiger partial charge in [0.25, 0.3) is 0 Å². The van der Waals surface area contributed by atoms with E-state index in [9.17, 15) is 4.79 Å². The first-order chi connectivity index (χ1) is 11.8. The molecule has 0 aromatic heterocycles. The van der Waals surface area contributed by atoms with Crippen LogP contribution in [0.2, 0.25) is 0 Å². The van der Waals surface area contributed by atoms with Crippen LogP contribution in [0.5, 0.6) is 0 Å². The monoisotopic (exact) mass is 324 g/mol. The lowest BCUT2D eigenvalue weighted by Gasteiger charge is -2.22. The first kappa shape index (κ1) is 16.5. The molecule has 0 saturated carbocycles. The Kier molecular flexibility index (Phi) is 5.85. The molecule has 1 atom stereocenters. The summed E-state index contributed by atoms with van der Waals surface area (Å²) in [7, 11) is 0. The minimum atomic E-state index is -0.406. The second-order valence-corrected chi connectivity index (χ2v) is 6.13. The first-order valence-electron chi connectivity index (χ1n) is 8.61. The number of nitrogens with zero attached hydrogens (tertiary/aromatic N) is 1. The summed E-state index contributed by atoms with van der Waals surface area (Å²) in [6.45, 7) is 3.26. The second kappa shape index (κ2) is 8.50. The summed E-state index contributed by atoms with van der Waals surface area (Å²) >= 11 is 0. The number of hydrogen-bond acceptors (Lipinski definition) is 3. The molecule has 2 aromatic carbocycles. The van der Waals surface area contributed by atoms with Gasteiger partial charge in [0.15, 0.2) is 0 Å². The average Bonchev–Trinajstić information content (AvgIpc) is 3.14. The molecular formula is C20H24N2O2. The Morgan fingerprint density at radius 3 is 2.29 bits per heavy atom. The highest BCUT2D eigenvalue weighted by Crippen LogP contribution is 2.23. The third-order valence-electron chi connectivity index (χ3n) is 4.35. The van der Waals surface area contributed by atoms with Crippen molar-refractivity contribution >= 4 is 11.8 Å². The molecule has 3 rings (SSSR count). The Balaban J connectivity index is 1.61. The minimum absolute atomic E-state index is 0.226. The number of para-hydroxylation sites is 1. The number of hydrogen-bond donors (Lipinski definition) is 1. The summed E-state index contributed by atoms with van der Waals surface area (Å²) in [4.78, 5) is 14.7. The largest absolute Gasteiger partial charge is 0.441 e. The Bertz CT molecular complexity index is 625. The number of nitrogens with one attached hydrogen (secondary N) is 1. The zero-order valence-corrected chi connectivity index (χ0v) is 13.9. The fraction of sp³-hybridized carbons (Fsp3) is 0.350. The van der Waals surface area contributed by atoms with Gasteiger partial charge in [0, 0.05) is 18.7 Å². The number of benzene rings is 2. The van der Waals surface area contributed by atoms with Crippen molar-refractivity contribution in [1.29, 1.82) is 0 Å². The molecule has 1 N–H and O–H groups in total. The van der Waals surface area contributed by atoms with E-state index in [-0.39, 0.29) is 6.10 Å². The van der Waals surface area contributed by atoms with Crippen molar-refractivity contribution in [3.05, 3.63) is 66.2 Å². The van der Waals surface area contributed by atoms with Crippen LogP contribution in [0.4, 0.5) is 10.5 Å². The Labute approximate surface area is 143 Å². The van der Waals surface area contributed by atoms with Gasteiger partial charge in [0.1, 0.15) is 6.10 Å². The van der Waals surface area contributed by atoms with Crippen LogP contribution in [0.25, 0.3) is 0 Å². The summed E-state index contributed by atoms with van der Waals surface area (Å²) < 4.78 is 5.72. The van der Waals surface area contributed by atoms with Crippen molar-refractivity contribution in [2.45, 2.75) is 25.4 Å². The van der Waals surface area contributed by atoms with E-state index < -0.39 is 6.09 Å². The van der Waals surface area contributed by atoms with Gasteiger partial charge in [-0.25, -0.2) is 4.79 Å². The summed E-state index contributed by atoms with van der Waals surface area (Å²) in [5.41, 5.74) is 1.79. The SMILES string of the molecule is O=C(Nc1ccccc1)OC(CCN1CCCC1)c1ccccc1. The maximum absolute atomic E-state index is 12.2. The number of likely N-dealkylation sites (tertiary alicyclic amines) is 1. The first-order valence-corrected chi connectivity index (χ1v) is 8.61. The molecule has 0 aliphatic carbocycles. The van der Waals surface area contributed by atoms with Crippen molar-refractivity contribution in [3.8, 4) is 0 Å². The molecule has 1 fully saturated rings. The van der Waals surface area contributed by atoms with Crippen molar-refractivity contribution in [2.75, 3.05) is 25.0 Å². The summed E-state index contributed by atoms with van der Waals surface area (Å²) in [6, 6.07) is 19.4. The van der Waals surface area contributed by atoms with E-state index >= 15 is 0 Å². The molecular weight excluding hydrogens is 300 g/mol. The molecule has 1 heterocycles. The lowest BCUT2D eigenvalue weighted by atomic mass is 10.1. The zero-order valence-electron chi connectivity index (χ0n) is 13.9. The molecule has 126 valence electrons. The second-order valence-electron chi connectivity index (χ2n) is 6.13. The normalized spacial score (nSPS) is 15.8. The number of carbonyl (C=O) groups is 1. The van der Waals surface area contributed by atoms with Crippen LogP contribution in [0.15, 0.2) is 60.7 Å². The van der Waals surface area contributed by atoms with Crippen LogP contribution in [0, 0.1) is 0 Å². The third kappa shape index (κ3) is 4.83. The predicted molar refractivity (Wildman–Crippen MR) is 96.0 cm³/mol. The average molecular weight is 324 g/mol. The summed E-state index contributed by atoms with van der Waals surface area (Å²) in [5, 5.41) is 2.80. The summed E-state index contributed by atoms with van der Waals surface area (Å²) in [6.07, 6.45) is 2.72. The van der Waals surface area contributed by atoms with E-state index in [2.05, 4.69) is 10.2 Å². The molecule has 1 unspecified atom stereocenters. The van der Waals surface area contributed by atoms with Crippen molar-refractivity contribution in [3.63, 3.8) is 0 Å². The molecule has 1 saturated heterocycles. The van der Waals surface area contributed by atoms with Crippen molar-refractivity contribution in [2.24, 2.45) is 0 Å². The Morgan fingerprint density at radius 1 is 1.00 bits per heavy atom. The number of carbonyl (C=O) groups excluding carboxylic acids is 1. The molecule has 4 nitrogen and oxygen atoms in total. The van der Waals surface area contributed by atoms with Gasteiger partial charge in [-0.2, -0.15) is 0 Å². The number of amides is 1. The molecule has 1 amide bonds. The van der Waals surface area contributed by atoms with Crippen molar-refractivity contribution in [1.82, 2.24) is 4.90 Å². The van der Waals surface area contributed by atoms with Gasteiger partial charge in [0.05, 0.1) is 0 Å². The van der Waals surface area contributed by atoms with Crippen molar-refractivity contribution < 1.29 is 9.53 Å². The number of anilines is 1. The predicted octanol–water partition coefficient (Wildman–Crippen LogP) is 4.46. The highest BCUT2D eigenvalue weighted by Gasteiger charge is 2.19. The Morgan fingerprint density at radius 2 is 1.62 bits per heavy atom. The lowest BCUT2D eigenvalue weighted by molar-refractivity contribution is 0.0980.